The molecule has 1 aromatic heterocycles. The minimum Gasteiger partial charge on any atom is -0.465 e. The van der Waals surface area contributed by atoms with Gasteiger partial charge in [-0.15, -0.1) is 11.3 Å². The van der Waals surface area contributed by atoms with Gasteiger partial charge < -0.3 is 14.5 Å². The molecule has 2 heterocycles. The van der Waals surface area contributed by atoms with Crippen LogP contribution in [0.2, 0.25) is 0 Å². The fourth-order valence-corrected chi connectivity index (χ4v) is 5.57. The predicted octanol–water partition coefficient (Wildman–Crippen LogP) is 5.07. The second-order valence-electron chi connectivity index (χ2n) is 8.40. The van der Waals surface area contributed by atoms with Gasteiger partial charge in [0.05, 0.1) is 25.9 Å². The zero-order valence-corrected chi connectivity index (χ0v) is 19.3. The lowest BCUT2D eigenvalue weighted by molar-refractivity contribution is -0.959. The summed E-state index contributed by atoms with van der Waals surface area (Å²) in [6, 6.07) is 8.51. The van der Waals surface area contributed by atoms with Crippen LogP contribution in [0.5, 0.6) is 0 Å². The Morgan fingerprint density at radius 3 is 2.40 bits per heavy atom. The highest BCUT2D eigenvalue weighted by Crippen LogP contribution is 2.32. The number of nitrogens with zero attached hydrogens (tertiary/aromatic N) is 1. The number of rotatable bonds is 7. The Labute approximate surface area is 183 Å². The molecular weight excluding hydrogens is 396 g/mol. The number of ether oxygens (including phenoxy) is 1. The molecule has 30 heavy (non-hydrogen) atoms. The van der Waals surface area contributed by atoms with Crippen LogP contribution in [0, 0.1) is 13.8 Å². The molecule has 0 bridgehead atoms. The van der Waals surface area contributed by atoms with Crippen molar-refractivity contribution >= 4 is 28.9 Å². The van der Waals surface area contributed by atoms with E-state index in [9.17, 15) is 9.59 Å². The lowest BCUT2D eigenvalue weighted by Crippen LogP contribution is -2.61. The van der Waals surface area contributed by atoms with Crippen LogP contribution < -0.4 is 5.32 Å². The first-order chi connectivity index (χ1) is 14.4. The van der Waals surface area contributed by atoms with Gasteiger partial charge in [-0.1, -0.05) is 36.8 Å². The number of carbonyl (C=O) groups excluding carboxylic acids is 2. The van der Waals surface area contributed by atoms with Crippen LogP contribution in [0.1, 0.15) is 59.0 Å². The molecule has 1 fully saturated rings. The monoisotopic (exact) mass is 429 g/mol. The first-order valence-electron chi connectivity index (χ1n) is 10.8. The second-order valence-corrected chi connectivity index (χ2v) is 9.28. The van der Waals surface area contributed by atoms with Gasteiger partial charge in [0.25, 0.3) is 5.91 Å². The quantitative estimate of drug-likeness (QED) is 0.494. The van der Waals surface area contributed by atoms with E-state index < -0.39 is 5.97 Å². The maximum atomic E-state index is 13.5. The molecule has 1 atom stereocenters. The standard InChI is InChI=1S/C24H32N2O3S/c1-5-20(23(27)25-21-18(3)16-30-22(21)24(28)29-4)26(13-7-6-8-14-26)15-19-11-9-17(2)10-12-19/h9-12,16,20H,5-8,13-15H2,1-4H3/p+1. The van der Waals surface area contributed by atoms with Gasteiger partial charge >= 0.3 is 5.97 Å². The fraction of sp³-hybridized carbons (Fsp3) is 0.500. The third kappa shape index (κ3) is 4.76. The van der Waals surface area contributed by atoms with Crippen LogP contribution in [0.15, 0.2) is 29.6 Å². The summed E-state index contributed by atoms with van der Waals surface area (Å²) in [6.07, 6.45) is 4.26. The Kier molecular flexibility index (Phi) is 7.32. The average Bonchev–Trinajstić information content (AvgIpc) is 3.10. The number of likely N-dealkylation sites (tertiary alicyclic amines) is 1. The van der Waals surface area contributed by atoms with Gasteiger partial charge in [-0.2, -0.15) is 0 Å². The zero-order valence-electron chi connectivity index (χ0n) is 18.5. The molecule has 1 unspecified atom stereocenters. The van der Waals surface area contributed by atoms with E-state index in [2.05, 4.69) is 43.4 Å². The molecule has 3 rings (SSSR count). The maximum absolute atomic E-state index is 13.5. The summed E-state index contributed by atoms with van der Waals surface area (Å²) in [4.78, 5) is 26.1. The summed E-state index contributed by atoms with van der Waals surface area (Å²) in [6.45, 7) is 8.98. The van der Waals surface area contributed by atoms with Crippen LogP contribution in [-0.2, 0) is 16.1 Å². The lowest BCUT2D eigenvalue weighted by Gasteiger charge is -2.46. The minimum absolute atomic E-state index is 0.00170. The summed E-state index contributed by atoms with van der Waals surface area (Å²) in [5.74, 6) is -0.406. The van der Waals surface area contributed by atoms with Crippen LogP contribution in [0.4, 0.5) is 5.69 Å². The number of methoxy groups -OCH3 is 1. The zero-order chi connectivity index (χ0) is 21.7. The molecule has 1 saturated heterocycles. The van der Waals surface area contributed by atoms with Crippen LogP contribution in [-0.4, -0.2) is 42.6 Å². The van der Waals surface area contributed by atoms with Gasteiger partial charge in [0, 0.05) is 12.0 Å². The predicted molar refractivity (Wildman–Crippen MR) is 122 cm³/mol. The number of hydrogen-bond donors (Lipinski definition) is 1. The summed E-state index contributed by atoms with van der Waals surface area (Å²) in [5, 5.41) is 4.99. The average molecular weight is 430 g/mol. The number of piperidine rings is 1. The number of benzene rings is 1. The third-order valence-corrected chi connectivity index (χ3v) is 7.35. The topological polar surface area (TPSA) is 55.4 Å². The minimum atomic E-state index is -0.405. The second kappa shape index (κ2) is 9.75. The van der Waals surface area contributed by atoms with Gasteiger partial charge in [0.2, 0.25) is 0 Å². The van der Waals surface area contributed by atoms with Crippen molar-refractivity contribution in [3.05, 3.63) is 51.2 Å². The summed E-state index contributed by atoms with van der Waals surface area (Å²) >= 11 is 1.31. The Balaban J connectivity index is 1.88. The van der Waals surface area contributed by atoms with Crippen molar-refractivity contribution in [1.82, 2.24) is 0 Å². The van der Waals surface area contributed by atoms with E-state index in [0.29, 0.717) is 10.6 Å². The third-order valence-electron chi connectivity index (χ3n) is 6.27. The molecule has 0 aliphatic carbocycles. The first-order valence-corrected chi connectivity index (χ1v) is 11.7. The summed E-state index contributed by atoms with van der Waals surface area (Å²) in [7, 11) is 1.37. The van der Waals surface area contributed by atoms with Crippen molar-refractivity contribution in [3.8, 4) is 0 Å². The summed E-state index contributed by atoms with van der Waals surface area (Å²) < 4.78 is 5.68. The molecule has 5 nitrogen and oxygen atoms in total. The van der Waals surface area contributed by atoms with Crippen molar-refractivity contribution in [3.63, 3.8) is 0 Å². The van der Waals surface area contributed by atoms with Crippen molar-refractivity contribution in [2.75, 3.05) is 25.5 Å². The van der Waals surface area contributed by atoms with Gasteiger partial charge in [0.15, 0.2) is 6.04 Å². The number of quaternary nitrogens is 1. The number of aryl methyl sites for hydroxylation is 2. The number of thiophene rings is 1. The number of esters is 1. The Hall–Kier alpha value is -2.18. The smallest absolute Gasteiger partial charge is 0.350 e. The lowest BCUT2D eigenvalue weighted by atomic mass is 9.98. The largest absolute Gasteiger partial charge is 0.465 e. The van der Waals surface area contributed by atoms with Gasteiger partial charge in [-0.3, -0.25) is 4.79 Å². The van der Waals surface area contributed by atoms with E-state index in [0.717, 1.165) is 48.9 Å². The van der Waals surface area contributed by atoms with Crippen LogP contribution >= 0.6 is 11.3 Å². The Morgan fingerprint density at radius 1 is 1.13 bits per heavy atom. The molecule has 0 spiro atoms. The Morgan fingerprint density at radius 2 is 1.80 bits per heavy atom. The number of anilines is 1. The molecule has 1 aliphatic heterocycles. The van der Waals surface area contributed by atoms with Gasteiger partial charge in [0.1, 0.15) is 11.4 Å². The van der Waals surface area contributed by atoms with Crippen molar-refractivity contribution in [1.29, 1.82) is 0 Å². The van der Waals surface area contributed by atoms with Gasteiger partial charge in [-0.05, 0) is 44.1 Å². The molecule has 1 N–H and O–H groups in total. The molecule has 2 aromatic rings. The molecule has 0 radical (unpaired) electrons. The molecule has 1 aliphatic rings. The van der Waals surface area contributed by atoms with E-state index in [1.165, 1.54) is 36.0 Å². The van der Waals surface area contributed by atoms with Crippen LogP contribution in [0.25, 0.3) is 0 Å². The molecule has 0 saturated carbocycles. The first kappa shape index (κ1) is 22.5. The number of amides is 1. The Bertz CT molecular complexity index is 882. The molecule has 1 amide bonds. The van der Waals surface area contributed by atoms with E-state index in [-0.39, 0.29) is 11.9 Å². The summed E-state index contributed by atoms with van der Waals surface area (Å²) in [5.41, 5.74) is 4.01. The maximum Gasteiger partial charge on any atom is 0.350 e. The van der Waals surface area contributed by atoms with Gasteiger partial charge in [-0.25, -0.2) is 4.79 Å². The highest BCUT2D eigenvalue weighted by Gasteiger charge is 2.42. The van der Waals surface area contributed by atoms with E-state index in [1.54, 1.807) is 0 Å². The normalized spacial score (nSPS) is 16.7. The van der Waals surface area contributed by atoms with Crippen LogP contribution in [0.3, 0.4) is 0 Å². The van der Waals surface area contributed by atoms with Crippen molar-refractivity contribution in [2.45, 2.75) is 59.0 Å². The molecule has 6 heteroatoms. The van der Waals surface area contributed by atoms with Crippen molar-refractivity contribution < 1.29 is 18.8 Å². The van der Waals surface area contributed by atoms with E-state index in [1.807, 2.05) is 12.3 Å². The van der Waals surface area contributed by atoms with E-state index >= 15 is 0 Å². The fourth-order valence-electron chi connectivity index (χ4n) is 4.65. The molecule has 1 aromatic carbocycles. The number of carbonyl (C=O) groups is 2. The number of hydrogen-bond acceptors (Lipinski definition) is 4. The molecule has 162 valence electrons. The van der Waals surface area contributed by atoms with E-state index in [4.69, 9.17) is 4.74 Å². The highest BCUT2D eigenvalue weighted by atomic mass is 32.1. The SMILES string of the molecule is CCC(C(=O)Nc1c(C)csc1C(=O)OC)[N+]1(Cc2ccc(C)cc2)CCCCC1. The highest BCUT2D eigenvalue weighted by molar-refractivity contribution is 7.12. The molecular formula is C24H33N2O3S+. The van der Waals surface area contributed by atoms with Crippen molar-refractivity contribution in [2.24, 2.45) is 0 Å². The number of nitrogens with one attached hydrogen (secondary N) is 1.